The number of rotatable bonds is 9. The first-order valence-corrected chi connectivity index (χ1v) is 12.9. The predicted octanol–water partition coefficient (Wildman–Crippen LogP) is 6.25. The molecule has 1 aromatic heterocycles. The molecule has 38 heavy (non-hydrogen) atoms. The van der Waals surface area contributed by atoms with Crippen LogP contribution >= 0.6 is 23.4 Å². The zero-order valence-corrected chi connectivity index (χ0v) is 23.0. The number of carbonyl (C=O) groups excluding carboxylic acids is 1. The van der Waals surface area contributed by atoms with Crippen LogP contribution in [0.5, 0.6) is 23.0 Å². The van der Waals surface area contributed by atoms with Gasteiger partial charge in [-0.15, -0.1) is 11.8 Å². The van der Waals surface area contributed by atoms with Crippen LogP contribution in [0.1, 0.15) is 21.6 Å². The van der Waals surface area contributed by atoms with Crippen LogP contribution < -0.4 is 18.9 Å². The van der Waals surface area contributed by atoms with Crippen LogP contribution in [0.3, 0.4) is 0 Å². The molecule has 4 rings (SSSR count). The summed E-state index contributed by atoms with van der Waals surface area (Å²) in [6.07, 6.45) is 3.50. The van der Waals surface area contributed by atoms with E-state index < -0.39 is 5.97 Å². The minimum atomic E-state index is -0.658. The Balaban J connectivity index is 1.90. The molecule has 1 heterocycles. The van der Waals surface area contributed by atoms with E-state index in [4.69, 9.17) is 35.4 Å². The van der Waals surface area contributed by atoms with Gasteiger partial charge in [0, 0.05) is 27.1 Å². The Morgan fingerprint density at radius 1 is 0.842 bits per heavy atom. The summed E-state index contributed by atoms with van der Waals surface area (Å²) in [6, 6.07) is 15.8. The highest BCUT2D eigenvalue weighted by Gasteiger charge is 2.20. The number of fused-ring (bicyclic) bond motifs is 1. The molecule has 0 fully saturated rings. The number of pyridine rings is 1. The van der Waals surface area contributed by atoms with E-state index >= 15 is 0 Å². The number of oxime groups is 1. The van der Waals surface area contributed by atoms with Gasteiger partial charge in [0.15, 0.2) is 23.0 Å². The Morgan fingerprint density at radius 2 is 1.53 bits per heavy atom. The third kappa shape index (κ3) is 5.49. The highest BCUT2D eigenvalue weighted by atomic mass is 35.5. The Bertz CT molecular complexity index is 1530. The maximum Gasteiger partial charge on any atom is 0.366 e. The summed E-state index contributed by atoms with van der Waals surface area (Å²) in [5.74, 6) is 1.44. The highest BCUT2D eigenvalue weighted by Crippen LogP contribution is 2.35. The molecule has 0 unspecified atom stereocenters. The van der Waals surface area contributed by atoms with E-state index in [2.05, 4.69) is 10.1 Å². The summed E-state index contributed by atoms with van der Waals surface area (Å²) in [6.45, 7) is 0. The number of benzene rings is 3. The van der Waals surface area contributed by atoms with Gasteiger partial charge in [0.05, 0.1) is 34.0 Å². The maximum atomic E-state index is 13.1. The maximum absolute atomic E-state index is 13.1. The van der Waals surface area contributed by atoms with E-state index in [1.807, 2.05) is 18.4 Å². The van der Waals surface area contributed by atoms with Crippen molar-refractivity contribution in [1.82, 2.24) is 4.98 Å². The lowest BCUT2D eigenvalue weighted by Crippen LogP contribution is -2.11. The molecule has 0 aliphatic heterocycles. The third-order valence-corrected chi connectivity index (χ3v) is 6.78. The van der Waals surface area contributed by atoms with Crippen molar-refractivity contribution in [2.75, 3.05) is 34.7 Å². The monoisotopic (exact) mass is 552 g/mol. The molecule has 3 aromatic carbocycles. The second-order valence-corrected chi connectivity index (χ2v) is 9.11. The largest absolute Gasteiger partial charge is 0.493 e. The van der Waals surface area contributed by atoms with E-state index in [0.29, 0.717) is 60.8 Å². The molecule has 0 aliphatic rings. The van der Waals surface area contributed by atoms with Crippen LogP contribution in [-0.4, -0.2) is 51.4 Å². The van der Waals surface area contributed by atoms with E-state index in [-0.39, 0.29) is 0 Å². The Hall–Kier alpha value is -3.95. The van der Waals surface area contributed by atoms with Gasteiger partial charge in [-0.3, -0.25) is 4.98 Å². The fourth-order valence-electron chi connectivity index (χ4n) is 3.88. The zero-order valence-electron chi connectivity index (χ0n) is 21.4. The lowest BCUT2D eigenvalue weighted by Gasteiger charge is -2.14. The van der Waals surface area contributed by atoms with Gasteiger partial charge in [-0.1, -0.05) is 16.8 Å². The number of carbonyl (C=O) groups is 1. The van der Waals surface area contributed by atoms with E-state index in [9.17, 15) is 4.79 Å². The number of methoxy groups -OCH3 is 4. The Morgan fingerprint density at radius 3 is 2.21 bits per heavy atom. The summed E-state index contributed by atoms with van der Waals surface area (Å²) in [7, 11) is 6.21. The molecule has 0 saturated heterocycles. The molecule has 196 valence electrons. The van der Waals surface area contributed by atoms with Gasteiger partial charge in [-0.25, -0.2) is 4.79 Å². The van der Waals surface area contributed by atoms with Crippen LogP contribution in [-0.2, 0) is 4.84 Å². The number of hydrogen-bond acceptors (Lipinski definition) is 9. The van der Waals surface area contributed by atoms with Crippen molar-refractivity contribution >= 4 is 45.8 Å². The topological polar surface area (TPSA) is 88.5 Å². The first-order chi connectivity index (χ1) is 18.4. The van der Waals surface area contributed by atoms with Gasteiger partial charge in [0.2, 0.25) is 0 Å². The number of aromatic nitrogens is 1. The highest BCUT2D eigenvalue weighted by molar-refractivity contribution is 7.98. The van der Waals surface area contributed by atoms with Crippen molar-refractivity contribution in [2.24, 2.45) is 5.16 Å². The standard InChI is InChI=1S/C28H25ClN2O6S/c1-33-21-8-6-17(13-22(21)34-2)26(31-37-28(32)20-14-18(29)7-9-25(20)38-5)27-19-15-24(36-4)23(35-3)12-16(19)10-11-30-27/h6-15H,1-5H3/b31-26+. The lowest BCUT2D eigenvalue weighted by atomic mass is 10.0. The van der Waals surface area contributed by atoms with Crippen molar-refractivity contribution in [2.45, 2.75) is 4.90 Å². The fraction of sp³-hybridized carbons (Fsp3) is 0.179. The van der Waals surface area contributed by atoms with Gasteiger partial charge in [-0.05, 0) is 66.2 Å². The normalized spacial score (nSPS) is 11.3. The Kier molecular flexibility index (Phi) is 8.60. The SMILES string of the molecule is COc1ccc(/C(=N\OC(=O)c2cc(Cl)ccc2SC)c2nccc3cc(OC)c(OC)cc23)cc1OC. The molecule has 0 bridgehead atoms. The van der Waals surface area contributed by atoms with Crippen LogP contribution in [0.25, 0.3) is 10.8 Å². The summed E-state index contributed by atoms with van der Waals surface area (Å²) in [4.78, 5) is 23.9. The van der Waals surface area contributed by atoms with Crippen molar-refractivity contribution in [3.05, 3.63) is 82.6 Å². The number of ether oxygens (including phenoxy) is 4. The molecule has 10 heteroatoms. The second kappa shape index (κ2) is 12.1. The molecule has 8 nitrogen and oxygen atoms in total. The van der Waals surface area contributed by atoms with Gasteiger partial charge < -0.3 is 23.8 Å². The van der Waals surface area contributed by atoms with Crippen LogP contribution in [0, 0.1) is 0 Å². The predicted molar refractivity (Wildman–Crippen MR) is 149 cm³/mol. The second-order valence-electron chi connectivity index (χ2n) is 7.82. The van der Waals surface area contributed by atoms with Gasteiger partial charge in [-0.2, -0.15) is 0 Å². The van der Waals surface area contributed by atoms with E-state index in [1.54, 1.807) is 70.0 Å². The summed E-state index contributed by atoms with van der Waals surface area (Å²) in [5, 5.41) is 6.26. The quantitative estimate of drug-likeness (QED) is 0.104. The minimum absolute atomic E-state index is 0.296. The molecule has 0 spiro atoms. The van der Waals surface area contributed by atoms with Crippen molar-refractivity contribution in [3.8, 4) is 23.0 Å². The number of thioether (sulfide) groups is 1. The average Bonchev–Trinajstić information content (AvgIpc) is 2.96. The zero-order chi connectivity index (χ0) is 27.2. The third-order valence-electron chi connectivity index (χ3n) is 5.75. The molecule has 0 N–H and O–H groups in total. The molecular formula is C28H25ClN2O6S. The summed E-state index contributed by atoms with van der Waals surface area (Å²) >= 11 is 7.54. The molecular weight excluding hydrogens is 528 g/mol. The van der Waals surface area contributed by atoms with E-state index in [1.165, 1.54) is 18.9 Å². The van der Waals surface area contributed by atoms with Gasteiger partial charge >= 0.3 is 5.97 Å². The molecule has 4 aromatic rings. The number of nitrogens with zero attached hydrogens (tertiary/aromatic N) is 2. The van der Waals surface area contributed by atoms with Crippen LogP contribution in [0.4, 0.5) is 0 Å². The fourth-order valence-corrected chi connectivity index (χ4v) is 4.62. The first-order valence-electron chi connectivity index (χ1n) is 11.3. The van der Waals surface area contributed by atoms with Gasteiger partial charge in [0.25, 0.3) is 0 Å². The minimum Gasteiger partial charge on any atom is -0.493 e. The molecule has 0 atom stereocenters. The summed E-state index contributed by atoms with van der Waals surface area (Å²) in [5.41, 5.74) is 1.64. The smallest absolute Gasteiger partial charge is 0.366 e. The van der Waals surface area contributed by atoms with Crippen molar-refractivity contribution < 1.29 is 28.6 Å². The number of hydrogen-bond donors (Lipinski definition) is 0. The van der Waals surface area contributed by atoms with Crippen LogP contribution in [0.2, 0.25) is 5.02 Å². The molecule has 0 aliphatic carbocycles. The van der Waals surface area contributed by atoms with Gasteiger partial charge in [0.1, 0.15) is 11.4 Å². The summed E-state index contributed by atoms with van der Waals surface area (Å²) < 4.78 is 21.8. The van der Waals surface area contributed by atoms with Crippen molar-refractivity contribution in [3.63, 3.8) is 0 Å². The molecule has 0 amide bonds. The lowest BCUT2D eigenvalue weighted by molar-refractivity contribution is 0.0513. The average molecular weight is 553 g/mol. The van der Waals surface area contributed by atoms with Crippen LogP contribution in [0.15, 0.2) is 70.8 Å². The van der Waals surface area contributed by atoms with E-state index in [0.717, 1.165) is 5.39 Å². The Labute approximate surface area is 229 Å². The first kappa shape index (κ1) is 27.1. The number of halogens is 1. The molecule has 0 radical (unpaired) electrons. The van der Waals surface area contributed by atoms with Crippen molar-refractivity contribution in [1.29, 1.82) is 0 Å². The molecule has 0 saturated carbocycles.